The van der Waals surface area contributed by atoms with Crippen molar-refractivity contribution in [3.8, 4) is 11.5 Å². The van der Waals surface area contributed by atoms with Gasteiger partial charge < -0.3 is 10.1 Å². The van der Waals surface area contributed by atoms with Gasteiger partial charge in [-0.15, -0.1) is 0 Å². The van der Waals surface area contributed by atoms with E-state index in [4.69, 9.17) is 4.74 Å². The Morgan fingerprint density at radius 2 is 1.45 bits per heavy atom. The molecule has 4 saturated carbocycles. The number of hydrogen-bond acceptors (Lipinski definition) is 4. The first-order valence-electron chi connectivity index (χ1n) is 13.5. The predicted molar refractivity (Wildman–Crippen MR) is 150 cm³/mol. The van der Waals surface area contributed by atoms with Crippen LogP contribution in [0.2, 0.25) is 0 Å². The highest BCUT2D eigenvalue weighted by Gasteiger charge is 2.51. The van der Waals surface area contributed by atoms with E-state index in [0.29, 0.717) is 22.9 Å². The van der Waals surface area contributed by atoms with Crippen molar-refractivity contribution >= 4 is 27.3 Å². The van der Waals surface area contributed by atoms with Crippen LogP contribution in [0.3, 0.4) is 0 Å². The van der Waals surface area contributed by atoms with E-state index in [1.165, 1.54) is 48.4 Å². The van der Waals surface area contributed by atoms with Crippen molar-refractivity contribution in [1.82, 2.24) is 0 Å². The Morgan fingerprint density at radius 3 is 2.05 bits per heavy atom. The number of rotatable bonds is 8. The predicted octanol–water partition coefficient (Wildman–Crippen LogP) is 6.35. The molecular weight excluding hydrogens is 496 g/mol. The lowest BCUT2D eigenvalue weighted by molar-refractivity contribution is -0.114. The SMILES string of the molecule is CS(=O)(=O)N(CC(=O)Nc1ccccc1Oc1ccccc1)c1ccc(C23CC4CC(CC(C4)C2)C3)cc1. The van der Waals surface area contributed by atoms with Crippen LogP contribution in [0.15, 0.2) is 78.9 Å². The van der Waals surface area contributed by atoms with Crippen molar-refractivity contribution in [2.24, 2.45) is 17.8 Å². The molecule has 4 aliphatic rings. The molecule has 0 aromatic heterocycles. The van der Waals surface area contributed by atoms with Crippen molar-refractivity contribution in [3.05, 3.63) is 84.4 Å². The Morgan fingerprint density at radius 1 is 0.868 bits per heavy atom. The average molecular weight is 531 g/mol. The molecule has 0 unspecified atom stereocenters. The second kappa shape index (κ2) is 9.77. The molecule has 1 amide bonds. The zero-order chi connectivity index (χ0) is 26.3. The van der Waals surface area contributed by atoms with Gasteiger partial charge in [-0.05, 0) is 104 Å². The van der Waals surface area contributed by atoms with Crippen molar-refractivity contribution in [2.45, 2.75) is 43.9 Å². The molecular formula is C31H34N2O4S. The fourth-order valence-electron chi connectivity index (χ4n) is 7.44. The molecule has 3 aromatic carbocycles. The summed E-state index contributed by atoms with van der Waals surface area (Å²) in [5, 5.41) is 2.83. The van der Waals surface area contributed by atoms with Crippen LogP contribution in [0.5, 0.6) is 11.5 Å². The van der Waals surface area contributed by atoms with Gasteiger partial charge >= 0.3 is 0 Å². The van der Waals surface area contributed by atoms with Gasteiger partial charge in [0.1, 0.15) is 12.3 Å². The number of sulfonamides is 1. The number of carbonyl (C=O) groups excluding carboxylic acids is 1. The van der Waals surface area contributed by atoms with E-state index in [2.05, 4.69) is 17.4 Å². The number of nitrogens with zero attached hydrogens (tertiary/aromatic N) is 1. The van der Waals surface area contributed by atoms with Gasteiger partial charge in [0.15, 0.2) is 5.75 Å². The number of ether oxygens (including phenoxy) is 1. The molecule has 0 radical (unpaired) electrons. The highest BCUT2D eigenvalue weighted by molar-refractivity contribution is 7.92. The van der Waals surface area contributed by atoms with E-state index in [-0.39, 0.29) is 12.0 Å². The second-order valence-electron chi connectivity index (χ2n) is 11.5. The van der Waals surface area contributed by atoms with Crippen LogP contribution in [0, 0.1) is 17.8 Å². The van der Waals surface area contributed by atoms with Crippen LogP contribution < -0.4 is 14.4 Å². The lowest BCUT2D eigenvalue weighted by Crippen LogP contribution is -2.48. The molecule has 0 heterocycles. The van der Waals surface area contributed by atoms with Crippen molar-refractivity contribution in [2.75, 3.05) is 22.4 Å². The Bertz CT molecular complexity index is 1380. The molecule has 4 bridgehead atoms. The van der Waals surface area contributed by atoms with Crippen LogP contribution in [-0.4, -0.2) is 27.1 Å². The number of nitrogens with one attached hydrogen (secondary N) is 1. The van der Waals surface area contributed by atoms with Gasteiger partial charge in [-0.2, -0.15) is 0 Å². The first-order chi connectivity index (χ1) is 18.3. The van der Waals surface area contributed by atoms with Crippen molar-refractivity contribution < 1.29 is 17.9 Å². The first-order valence-corrected chi connectivity index (χ1v) is 15.3. The van der Waals surface area contributed by atoms with Crippen molar-refractivity contribution in [1.29, 1.82) is 0 Å². The highest BCUT2D eigenvalue weighted by Crippen LogP contribution is 2.60. The molecule has 0 saturated heterocycles. The van der Waals surface area contributed by atoms with Gasteiger partial charge in [0.25, 0.3) is 0 Å². The Kier molecular flexibility index (Phi) is 6.42. The summed E-state index contributed by atoms with van der Waals surface area (Å²) in [5.41, 5.74) is 2.55. The zero-order valence-corrected chi connectivity index (χ0v) is 22.5. The molecule has 7 rings (SSSR count). The van der Waals surface area contributed by atoms with E-state index >= 15 is 0 Å². The monoisotopic (exact) mass is 530 g/mol. The Balaban J connectivity index is 1.19. The fourth-order valence-corrected chi connectivity index (χ4v) is 8.30. The van der Waals surface area contributed by atoms with E-state index in [1.807, 2.05) is 48.5 Å². The van der Waals surface area contributed by atoms with E-state index in [0.717, 1.165) is 24.0 Å². The van der Waals surface area contributed by atoms with Gasteiger partial charge in [0, 0.05) is 0 Å². The molecule has 3 aromatic rings. The smallest absolute Gasteiger partial charge is 0.245 e. The number of benzene rings is 3. The molecule has 0 atom stereocenters. The molecule has 198 valence electrons. The molecule has 38 heavy (non-hydrogen) atoms. The maximum Gasteiger partial charge on any atom is 0.245 e. The quantitative estimate of drug-likeness (QED) is 0.368. The molecule has 0 aliphatic heterocycles. The van der Waals surface area contributed by atoms with Gasteiger partial charge in [0.2, 0.25) is 15.9 Å². The number of para-hydroxylation sites is 3. The highest BCUT2D eigenvalue weighted by atomic mass is 32.2. The Labute approximate surface area is 225 Å². The van der Waals surface area contributed by atoms with Crippen LogP contribution in [0.1, 0.15) is 44.1 Å². The summed E-state index contributed by atoms with van der Waals surface area (Å²) in [5.74, 6) is 3.20. The average Bonchev–Trinajstić information content (AvgIpc) is 2.88. The maximum absolute atomic E-state index is 13.1. The third kappa shape index (κ3) is 5.04. The zero-order valence-electron chi connectivity index (χ0n) is 21.7. The molecule has 6 nitrogen and oxygen atoms in total. The van der Waals surface area contributed by atoms with Gasteiger partial charge in [-0.1, -0.05) is 42.5 Å². The first kappa shape index (κ1) is 25.0. The summed E-state index contributed by atoms with van der Waals surface area (Å²) in [6.45, 7) is -0.324. The van der Waals surface area contributed by atoms with Gasteiger partial charge in [-0.3, -0.25) is 9.10 Å². The van der Waals surface area contributed by atoms with Crippen LogP contribution in [0.4, 0.5) is 11.4 Å². The number of anilines is 2. The third-order valence-electron chi connectivity index (χ3n) is 8.63. The Hall–Kier alpha value is -3.32. The summed E-state index contributed by atoms with van der Waals surface area (Å²) in [4.78, 5) is 13.1. The van der Waals surface area contributed by atoms with Crippen LogP contribution in [-0.2, 0) is 20.2 Å². The minimum absolute atomic E-state index is 0.239. The topological polar surface area (TPSA) is 75.7 Å². The minimum atomic E-state index is -3.68. The lowest BCUT2D eigenvalue weighted by Gasteiger charge is -2.57. The molecule has 1 N–H and O–H groups in total. The number of carbonyl (C=O) groups is 1. The summed E-state index contributed by atoms with van der Waals surface area (Å²) in [6, 6.07) is 24.4. The number of amides is 1. The largest absolute Gasteiger partial charge is 0.455 e. The van der Waals surface area contributed by atoms with E-state index in [1.54, 1.807) is 18.2 Å². The summed E-state index contributed by atoms with van der Waals surface area (Å²) in [6.07, 6.45) is 9.04. The van der Waals surface area contributed by atoms with Crippen LogP contribution in [0.25, 0.3) is 0 Å². The van der Waals surface area contributed by atoms with Gasteiger partial charge in [-0.25, -0.2) is 8.42 Å². The van der Waals surface area contributed by atoms with E-state index in [9.17, 15) is 13.2 Å². The van der Waals surface area contributed by atoms with Crippen LogP contribution >= 0.6 is 0 Å². The number of hydrogen-bond donors (Lipinski definition) is 1. The van der Waals surface area contributed by atoms with Gasteiger partial charge in [0.05, 0.1) is 17.6 Å². The molecule has 4 aliphatic carbocycles. The summed E-state index contributed by atoms with van der Waals surface area (Å²) < 4.78 is 32.6. The summed E-state index contributed by atoms with van der Waals surface area (Å²) in [7, 11) is -3.68. The molecule has 4 fully saturated rings. The molecule has 0 spiro atoms. The molecule has 7 heteroatoms. The van der Waals surface area contributed by atoms with E-state index < -0.39 is 15.9 Å². The fraction of sp³-hybridized carbons (Fsp3) is 0.387. The minimum Gasteiger partial charge on any atom is -0.455 e. The maximum atomic E-state index is 13.1. The normalized spacial score (nSPS) is 25.7. The van der Waals surface area contributed by atoms with Crippen molar-refractivity contribution in [3.63, 3.8) is 0 Å². The summed E-state index contributed by atoms with van der Waals surface area (Å²) >= 11 is 0. The standard InChI is InChI=1S/C31H34N2O4S/c1-38(35,36)33(21-30(34)32-28-9-5-6-10-29(28)37-27-7-3-2-4-8-27)26-13-11-25(12-14-26)31-18-22-15-23(19-31)17-24(16-22)20-31/h2-14,22-24H,15-21H2,1H3,(H,32,34). The third-order valence-corrected chi connectivity index (χ3v) is 9.77. The lowest BCUT2D eigenvalue weighted by atomic mass is 9.48. The second-order valence-corrected chi connectivity index (χ2v) is 13.4.